The van der Waals surface area contributed by atoms with Crippen LogP contribution in [0.3, 0.4) is 0 Å². The minimum absolute atomic E-state index is 0.0511. The van der Waals surface area contributed by atoms with Gasteiger partial charge >= 0.3 is 0 Å². The number of aryl methyl sites for hydroxylation is 2. The zero-order valence-electron chi connectivity index (χ0n) is 19.6. The molecule has 3 aromatic rings. The number of amides is 1. The molecule has 1 unspecified atom stereocenters. The maximum Gasteiger partial charge on any atom is 0.300 e. The van der Waals surface area contributed by atoms with Gasteiger partial charge in [-0.2, -0.15) is 0 Å². The van der Waals surface area contributed by atoms with Gasteiger partial charge in [0.1, 0.15) is 23.0 Å². The Bertz CT molecular complexity index is 1380. The molecule has 1 heterocycles. The fourth-order valence-electron chi connectivity index (χ4n) is 4.28. The number of aromatic hydroxyl groups is 1. The molecule has 0 spiro atoms. The van der Waals surface area contributed by atoms with E-state index >= 15 is 0 Å². The fourth-order valence-corrected chi connectivity index (χ4v) is 4.47. The van der Waals surface area contributed by atoms with Crippen LogP contribution in [-0.4, -0.2) is 36.1 Å². The van der Waals surface area contributed by atoms with Crippen molar-refractivity contribution in [1.29, 1.82) is 0 Å². The second kappa shape index (κ2) is 9.35. The first-order chi connectivity index (χ1) is 16.7. The van der Waals surface area contributed by atoms with Crippen LogP contribution in [0.25, 0.3) is 5.76 Å². The van der Waals surface area contributed by atoms with Gasteiger partial charge < -0.3 is 19.7 Å². The van der Waals surface area contributed by atoms with Crippen molar-refractivity contribution < 1.29 is 29.3 Å². The number of halogens is 1. The molecule has 1 aliphatic rings. The van der Waals surface area contributed by atoms with Gasteiger partial charge in [0.15, 0.2) is 0 Å². The van der Waals surface area contributed by atoms with Gasteiger partial charge in [-0.25, -0.2) is 0 Å². The number of ketones is 1. The predicted molar refractivity (Wildman–Crippen MR) is 133 cm³/mol. The van der Waals surface area contributed by atoms with Crippen LogP contribution < -0.4 is 14.4 Å². The summed E-state index contributed by atoms with van der Waals surface area (Å²) in [7, 11) is 3.05. The summed E-state index contributed by atoms with van der Waals surface area (Å²) in [5.41, 5.74) is 2.58. The molecule has 0 aliphatic carbocycles. The summed E-state index contributed by atoms with van der Waals surface area (Å²) in [6, 6.07) is 13.6. The van der Waals surface area contributed by atoms with Crippen molar-refractivity contribution in [2.24, 2.45) is 0 Å². The lowest BCUT2D eigenvalue weighted by atomic mass is 9.93. The monoisotopic (exact) mass is 493 g/mol. The van der Waals surface area contributed by atoms with E-state index in [4.69, 9.17) is 21.1 Å². The Balaban J connectivity index is 1.99. The van der Waals surface area contributed by atoms with Crippen molar-refractivity contribution in [3.63, 3.8) is 0 Å². The topological polar surface area (TPSA) is 96.3 Å². The Morgan fingerprint density at radius 1 is 0.971 bits per heavy atom. The van der Waals surface area contributed by atoms with Crippen molar-refractivity contribution in [3.05, 3.63) is 87.4 Å². The second-order valence-electron chi connectivity index (χ2n) is 8.22. The summed E-state index contributed by atoms with van der Waals surface area (Å²) in [4.78, 5) is 28.0. The van der Waals surface area contributed by atoms with Crippen LogP contribution in [-0.2, 0) is 9.59 Å². The summed E-state index contributed by atoms with van der Waals surface area (Å²) < 4.78 is 10.7. The van der Waals surface area contributed by atoms with E-state index in [0.29, 0.717) is 33.9 Å². The minimum Gasteiger partial charge on any atom is -0.507 e. The van der Waals surface area contributed by atoms with Gasteiger partial charge in [-0.05, 0) is 66.9 Å². The van der Waals surface area contributed by atoms with E-state index in [-0.39, 0.29) is 22.1 Å². The number of ether oxygens (including phenoxy) is 2. The molecule has 1 aliphatic heterocycles. The molecule has 1 amide bonds. The van der Waals surface area contributed by atoms with Gasteiger partial charge in [-0.1, -0.05) is 23.7 Å². The average molecular weight is 494 g/mol. The Kier molecular flexibility index (Phi) is 6.45. The number of Topliss-reactive ketones (excluding diaryl/α,β-unsaturated/α-hetero) is 1. The number of carbonyl (C=O) groups is 2. The lowest BCUT2D eigenvalue weighted by molar-refractivity contribution is -0.132. The molecule has 0 saturated carbocycles. The molecular formula is C27H24ClNO6. The van der Waals surface area contributed by atoms with Crippen LogP contribution in [0.1, 0.15) is 28.3 Å². The van der Waals surface area contributed by atoms with Gasteiger partial charge in [-0.3, -0.25) is 14.5 Å². The number of anilines is 1. The van der Waals surface area contributed by atoms with Crippen LogP contribution >= 0.6 is 11.6 Å². The van der Waals surface area contributed by atoms with Crippen LogP contribution in [0.5, 0.6) is 17.2 Å². The van der Waals surface area contributed by atoms with Gasteiger partial charge in [0.2, 0.25) is 0 Å². The average Bonchev–Trinajstić information content (AvgIpc) is 3.12. The first kappa shape index (κ1) is 24.2. The molecule has 0 aromatic heterocycles. The van der Waals surface area contributed by atoms with E-state index < -0.39 is 17.7 Å². The number of aliphatic hydroxyl groups is 1. The highest BCUT2D eigenvalue weighted by Gasteiger charge is 2.47. The highest BCUT2D eigenvalue weighted by atomic mass is 35.5. The Morgan fingerprint density at radius 3 is 2.37 bits per heavy atom. The molecule has 4 rings (SSSR count). The number of rotatable bonds is 5. The SMILES string of the molecule is COc1cccc(N2C(=O)C(=O)/C(=C(/O)c3cc(C)c(OC)cc3C)C2c2ccc(O)c(Cl)c2)c1. The Labute approximate surface area is 207 Å². The molecular weight excluding hydrogens is 470 g/mol. The van der Waals surface area contributed by atoms with Crippen LogP contribution in [0.2, 0.25) is 5.02 Å². The van der Waals surface area contributed by atoms with Crippen LogP contribution in [0, 0.1) is 13.8 Å². The number of hydrogen-bond donors (Lipinski definition) is 2. The number of methoxy groups -OCH3 is 2. The Hall–Kier alpha value is -3.97. The standard InChI is InChI=1S/C27H24ClNO6/c1-14-11-22(35-4)15(2)10-19(14)25(31)23-24(16-8-9-21(30)20(28)12-16)29(27(33)26(23)32)17-6-5-7-18(13-17)34-3/h5-13,24,30-31H,1-4H3/b25-23+. The number of phenols is 1. The van der Waals surface area contributed by atoms with Crippen LogP contribution in [0.4, 0.5) is 5.69 Å². The number of aliphatic hydroxyl groups excluding tert-OH is 1. The third-order valence-electron chi connectivity index (χ3n) is 6.06. The van der Waals surface area contributed by atoms with Gasteiger partial charge in [0, 0.05) is 17.3 Å². The smallest absolute Gasteiger partial charge is 0.300 e. The van der Waals surface area contributed by atoms with Crippen molar-refractivity contribution in [3.8, 4) is 17.2 Å². The Morgan fingerprint density at radius 2 is 1.71 bits per heavy atom. The van der Waals surface area contributed by atoms with E-state index in [1.54, 1.807) is 56.5 Å². The lowest BCUT2D eigenvalue weighted by Gasteiger charge is -2.26. The number of benzene rings is 3. The van der Waals surface area contributed by atoms with E-state index in [1.165, 1.54) is 24.1 Å². The molecule has 1 atom stereocenters. The van der Waals surface area contributed by atoms with Gasteiger partial charge in [0.05, 0.1) is 30.9 Å². The zero-order chi connectivity index (χ0) is 25.4. The maximum atomic E-state index is 13.4. The number of phenolic OH excluding ortho intramolecular Hbond substituents is 1. The predicted octanol–water partition coefficient (Wildman–Crippen LogP) is 5.31. The molecule has 35 heavy (non-hydrogen) atoms. The van der Waals surface area contributed by atoms with Gasteiger partial charge in [-0.15, -0.1) is 0 Å². The maximum absolute atomic E-state index is 13.4. The molecule has 0 bridgehead atoms. The lowest BCUT2D eigenvalue weighted by Crippen LogP contribution is -2.29. The molecule has 3 aromatic carbocycles. The first-order valence-electron chi connectivity index (χ1n) is 10.8. The molecule has 7 nitrogen and oxygen atoms in total. The molecule has 180 valence electrons. The normalized spacial score (nSPS) is 17.1. The summed E-state index contributed by atoms with van der Waals surface area (Å²) >= 11 is 6.18. The summed E-state index contributed by atoms with van der Waals surface area (Å²) in [6.45, 7) is 3.60. The zero-order valence-corrected chi connectivity index (χ0v) is 20.4. The number of nitrogens with zero attached hydrogens (tertiary/aromatic N) is 1. The first-order valence-corrected chi connectivity index (χ1v) is 11.1. The van der Waals surface area contributed by atoms with E-state index in [2.05, 4.69) is 0 Å². The largest absolute Gasteiger partial charge is 0.507 e. The third-order valence-corrected chi connectivity index (χ3v) is 6.36. The quantitative estimate of drug-likeness (QED) is 0.284. The van der Waals surface area contributed by atoms with Crippen molar-refractivity contribution >= 4 is 34.7 Å². The van der Waals surface area contributed by atoms with E-state index in [9.17, 15) is 19.8 Å². The summed E-state index contributed by atoms with van der Waals surface area (Å²) in [5, 5.41) is 21.4. The highest BCUT2D eigenvalue weighted by Crippen LogP contribution is 2.44. The third kappa shape index (κ3) is 4.19. The second-order valence-corrected chi connectivity index (χ2v) is 8.63. The van der Waals surface area contributed by atoms with Crippen molar-refractivity contribution in [1.82, 2.24) is 0 Å². The number of hydrogen-bond acceptors (Lipinski definition) is 6. The van der Waals surface area contributed by atoms with E-state index in [0.717, 1.165) is 5.56 Å². The molecule has 1 saturated heterocycles. The van der Waals surface area contributed by atoms with Crippen molar-refractivity contribution in [2.75, 3.05) is 19.1 Å². The summed E-state index contributed by atoms with van der Waals surface area (Å²) in [5.74, 6) is -0.975. The highest BCUT2D eigenvalue weighted by molar-refractivity contribution is 6.51. The van der Waals surface area contributed by atoms with Gasteiger partial charge in [0.25, 0.3) is 11.7 Å². The molecule has 2 N–H and O–H groups in total. The van der Waals surface area contributed by atoms with Crippen molar-refractivity contribution in [2.45, 2.75) is 19.9 Å². The molecule has 8 heteroatoms. The fraction of sp³-hybridized carbons (Fsp3) is 0.185. The minimum atomic E-state index is -0.998. The summed E-state index contributed by atoms with van der Waals surface area (Å²) in [6.07, 6.45) is 0. The molecule has 0 radical (unpaired) electrons. The molecule has 1 fully saturated rings. The van der Waals surface area contributed by atoms with Crippen LogP contribution in [0.15, 0.2) is 60.2 Å². The van der Waals surface area contributed by atoms with E-state index in [1.807, 2.05) is 6.92 Å². The number of carbonyl (C=O) groups excluding carboxylic acids is 2.